The number of halogens is 1. The van der Waals surface area contributed by atoms with Crippen LogP contribution in [0.2, 0.25) is 0 Å². The largest absolute Gasteiger partial charge is 0.393 e. The number of aryl methyl sites for hydroxylation is 3. The van der Waals surface area contributed by atoms with Gasteiger partial charge >= 0.3 is 0 Å². The number of carbonyl (C=O) groups excluding carboxylic acids is 8. The van der Waals surface area contributed by atoms with Crippen molar-refractivity contribution in [1.29, 1.82) is 0 Å². The SMILES string of the molecule is CC[C@@H](C)C(=O)N[C@H](C(=O)N1CCC[C@H]1c1nc(-c2c(C)cc3ccccn23)cs1)C1CCOCC1.CC[C@@H](C)C(=O)N[C@H](C(=O)N1CCC[C@H]1c1nc(-c2cc(Br)nc3ccccc23)cs1)C1CCCCC1.CN[C@@H](C)C(=O)N[C@H](C(=O)N1CCC[C@H]1c1nc(-c2ccc(C)c3ccccc23)cs1)C1CCC(O)CC1.CN[C@@H](C)C(=O)N[C@H](C(=O)N1CC[C@H](C)[C@H]1c1nc(-c2ccc(C)c3ccccc23)cs1)C1CCOCC1. The number of amides is 8. The summed E-state index contributed by atoms with van der Waals surface area (Å²) in [4.78, 5) is 140. The molecule has 792 valence electrons. The fourth-order valence-electron chi connectivity index (χ4n) is 23.0. The molecular formula is C117H147BrN16O11S4. The second kappa shape index (κ2) is 50.7. The molecule has 7 N–H and O–H groups in total. The molecule has 27 nitrogen and oxygen atoms in total. The van der Waals surface area contributed by atoms with Gasteiger partial charge in [-0.1, -0.05) is 151 Å². The van der Waals surface area contributed by atoms with Gasteiger partial charge in [-0.2, -0.15) is 0 Å². The number of hydrogen-bond donors (Lipinski definition) is 7. The predicted octanol–water partition coefficient (Wildman–Crippen LogP) is 21.2. The van der Waals surface area contributed by atoms with E-state index in [9.17, 15) is 43.5 Å². The number of pyridine rings is 2. The van der Waals surface area contributed by atoms with Crippen LogP contribution in [0.3, 0.4) is 0 Å². The van der Waals surface area contributed by atoms with Crippen molar-refractivity contribution in [3.63, 3.8) is 0 Å². The molecule has 8 aliphatic rings. The third-order valence-corrected chi connectivity index (χ3v) is 36.7. The first-order chi connectivity index (χ1) is 72.2. The number of aliphatic hydroxyl groups excluding tert-OH is 1. The van der Waals surface area contributed by atoms with Crippen molar-refractivity contribution in [1.82, 2.24) is 80.8 Å². The zero-order valence-electron chi connectivity index (χ0n) is 88.1. The number of ether oxygens (including phenoxy) is 2. The molecule has 5 aromatic carbocycles. The topological polar surface area (TPSA) is 329 Å². The molecule has 0 unspecified atom stereocenters. The number of thiazole rings is 4. The van der Waals surface area contributed by atoms with Crippen LogP contribution in [0.1, 0.15) is 251 Å². The van der Waals surface area contributed by atoms with Crippen LogP contribution in [0, 0.1) is 62.2 Å². The van der Waals surface area contributed by atoms with E-state index in [1.54, 1.807) is 66.4 Å². The normalized spacial score (nSPS) is 21.5. The highest BCUT2D eigenvalue weighted by molar-refractivity contribution is 9.10. The monoisotopic (exact) mass is 2160 g/mol. The van der Waals surface area contributed by atoms with E-state index in [1.807, 2.05) is 90.6 Å². The summed E-state index contributed by atoms with van der Waals surface area (Å²) in [7, 11) is 3.50. The Morgan fingerprint density at radius 3 is 1.27 bits per heavy atom. The molecule has 149 heavy (non-hydrogen) atoms. The van der Waals surface area contributed by atoms with Gasteiger partial charge in [0, 0.05) is 120 Å². The molecule has 7 aromatic heterocycles. The number of likely N-dealkylation sites (tertiary alicyclic amines) is 4. The molecule has 32 heteroatoms. The second-order valence-corrected chi connectivity index (χ2v) is 46.5. The molecule has 20 rings (SSSR count). The van der Waals surface area contributed by atoms with Crippen molar-refractivity contribution in [2.24, 2.45) is 41.4 Å². The molecule has 12 aromatic rings. The van der Waals surface area contributed by atoms with Gasteiger partial charge in [-0.15, -0.1) is 45.3 Å². The Morgan fingerprint density at radius 2 is 0.799 bits per heavy atom. The number of hydrogen-bond acceptors (Lipinski definition) is 22. The summed E-state index contributed by atoms with van der Waals surface area (Å²) in [6, 6.07) is 40.7. The van der Waals surface area contributed by atoms with Crippen LogP contribution in [-0.2, 0) is 47.8 Å². The van der Waals surface area contributed by atoms with Crippen LogP contribution >= 0.6 is 61.3 Å². The maximum absolute atomic E-state index is 14.1. The Hall–Kier alpha value is -10.7. The summed E-state index contributed by atoms with van der Waals surface area (Å²) in [6.07, 6.45) is 21.0. The number of carbonyl (C=O) groups is 8. The average Bonchev–Trinajstić information content (AvgIpc) is 1.63. The smallest absolute Gasteiger partial charge is 0.246 e. The fourth-order valence-corrected chi connectivity index (χ4v) is 27.3. The zero-order valence-corrected chi connectivity index (χ0v) is 93.0. The third-order valence-electron chi connectivity index (χ3n) is 32.5. The summed E-state index contributed by atoms with van der Waals surface area (Å²) >= 11 is 10.0. The van der Waals surface area contributed by atoms with E-state index in [0.717, 1.165) is 208 Å². The molecule has 2 aliphatic carbocycles. The maximum Gasteiger partial charge on any atom is 0.246 e. The number of aliphatic hydroxyl groups is 1. The van der Waals surface area contributed by atoms with Crippen LogP contribution in [0.15, 0.2) is 160 Å². The zero-order chi connectivity index (χ0) is 105. The molecule has 2 saturated carbocycles. The van der Waals surface area contributed by atoms with Crippen LogP contribution in [-0.4, -0.2) is 210 Å². The first kappa shape index (κ1) is 110. The van der Waals surface area contributed by atoms with E-state index in [0.29, 0.717) is 65.4 Å². The van der Waals surface area contributed by atoms with Crippen LogP contribution in [0.25, 0.3) is 83.1 Å². The lowest BCUT2D eigenvalue weighted by Gasteiger charge is -2.36. The van der Waals surface area contributed by atoms with Crippen LogP contribution in [0.4, 0.5) is 0 Å². The molecule has 0 radical (unpaired) electrons. The number of aromatic nitrogens is 6. The minimum absolute atomic E-state index is 0.000406. The third kappa shape index (κ3) is 25.1. The highest BCUT2D eigenvalue weighted by Crippen LogP contribution is 2.47. The fraction of sp³-hybridized carbons (Fsp3) is 0.513. The lowest BCUT2D eigenvalue weighted by atomic mass is 9.81. The van der Waals surface area contributed by atoms with E-state index >= 15 is 0 Å². The average molecular weight is 2160 g/mol. The standard InChI is InChI=1S/2C30H38N4O3S.C29H35BrN4O2S.C28H36N4O3S/c1-18-9-10-24(23-8-6-5-7-22(18)23)25-17-38-29(32-25)27-19(2)11-14-34(27)30(36)26(21-12-15-37-16-13-21)33-28(35)20(3)31-4;1-18-10-15-24(23-8-5-4-7-22(18)23)25-17-38-29(32-25)26-9-6-16-34(26)30(37)27(33-28(36)19(2)31-3)20-11-13-21(35)14-12-20;1-3-18(2)27(35)33-26(19-10-5-4-6-11-19)29(36)34-15-9-14-24(34)28-32-23(17-37-28)21-16-25(30)31-22-13-8-7-12-20(21)22;1-4-18(2)26(33)30-24(20-10-14-35-15-11-20)28(34)32-13-7-9-23(32)27-29-22(17-36-27)25-19(3)16-21-8-5-6-12-31(21)25/h5-10,17,19-21,26-27,31H,11-16H2,1-4H3,(H,33,35);4-5,7-8,10,15,17,19-21,26-27,31,35H,6,9,11-14,16H2,1-3H3,(H,33,36);7-8,12-13,16-19,24,26H,3-6,9-11,14-15H2,1-2H3,(H,33,35);5-6,8,12,16-18,20,23-24H,4,7,9-11,13-15H2,1-3H3,(H,30,33)/t19-,20-,26-,27-;19-,20?,21?,26-,27-;18-,24+,26+;18-,23+,24+/m0011/s1. The predicted molar refractivity (Wildman–Crippen MR) is 598 cm³/mol. The van der Waals surface area contributed by atoms with Gasteiger partial charge in [0.05, 0.1) is 76.3 Å². The van der Waals surface area contributed by atoms with Crippen molar-refractivity contribution in [2.45, 2.75) is 277 Å². The van der Waals surface area contributed by atoms with Crippen molar-refractivity contribution < 1.29 is 52.9 Å². The lowest BCUT2D eigenvalue weighted by Crippen LogP contribution is -2.56. The van der Waals surface area contributed by atoms with Gasteiger partial charge in [0.15, 0.2) is 0 Å². The Bertz CT molecular complexity index is 6650. The van der Waals surface area contributed by atoms with Gasteiger partial charge in [0.1, 0.15) is 48.8 Å². The molecule has 8 fully saturated rings. The number of para-hydroxylation sites is 1. The van der Waals surface area contributed by atoms with Crippen molar-refractivity contribution >= 4 is 146 Å². The van der Waals surface area contributed by atoms with Gasteiger partial charge in [0.25, 0.3) is 0 Å². The highest BCUT2D eigenvalue weighted by Gasteiger charge is 2.48. The van der Waals surface area contributed by atoms with E-state index in [4.69, 9.17) is 29.4 Å². The summed E-state index contributed by atoms with van der Waals surface area (Å²) in [5.41, 5.74) is 13.8. The van der Waals surface area contributed by atoms with Gasteiger partial charge in [-0.3, -0.25) is 38.4 Å². The quantitative estimate of drug-likeness (QED) is 0.0224. The maximum atomic E-state index is 14.1. The number of nitrogens with one attached hydrogen (secondary N) is 6. The number of fused-ring (bicyclic) bond motifs is 4. The number of benzene rings is 5. The van der Waals surface area contributed by atoms with Gasteiger partial charge < -0.3 is 70.5 Å². The summed E-state index contributed by atoms with van der Waals surface area (Å²) in [5.74, 6) is 0.182. The van der Waals surface area contributed by atoms with Crippen molar-refractivity contribution in [3.05, 3.63) is 196 Å². The van der Waals surface area contributed by atoms with E-state index in [1.165, 1.54) is 44.7 Å². The van der Waals surface area contributed by atoms with Gasteiger partial charge in [-0.05, 0) is 285 Å². The van der Waals surface area contributed by atoms with E-state index in [-0.39, 0.29) is 131 Å². The van der Waals surface area contributed by atoms with Crippen LogP contribution in [0.5, 0.6) is 0 Å². The number of nitrogens with zero attached hydrogens (tertiary/aromatic N) is 10. The lowest BCUT2D eigenvalue weighted by molar-refractivity contribution is -0.140. The molecule has 6 aliphatic heterocycles. The van der Waals surface area contributed by atoms with Crippen LogP contribution < -0.4 is 31.9 Å². The van der Waals surface area contributed by atoms with E-state index < -0.39 is 24.2 Å². The first-order valence-electron chi connectivity index (χ1n) is 54.2. The highest BCUT2D eigenvalue weighted by atomic mass is 79.9. The van der Waals surface area contributed by atoms with E-state index in [2.05, 4.69) is 204 Å². The Labute approximate surface area is 900 Å². The number of likely N-dealkylation sites (N-methyl/N-ethyl adjacent to an activating group) is 2. The molecular weight excluding hydrogens is 2010 g/mol. The van der Waals surface area contributed by atoms with Gasteiger partial charge in [0.2, 0.25) is 47.3 Å². The molecule has 6 saturated heterocycles. The molecule has 13 atom stereocenters. The van der Waals surface area contributed by atoms with Crippen molar-refractivity contribution in [3.8, 4) is 45.2 Å². The molecule has 0 bridgehead atoms. The van der Waals surface area contributed by atoms with Gasteiger partial charge in [-0.25, -0.2) is 24.9 Å². The molecule has 0 spiro atoms. The Balaban J connectivity index is 0.000000135. The minimum atomic E-state index is -0.591. The Morgan fingerprint density at radius 1 is 0.403 bits per heavy atom. The molecule has 8 amide bonds. The number of rotatable bonds is 28. The second-order valence-electron chi connectivity index (χ2n) is 42.2. The minimum Gasteiger partial charge on any atom is -0.393 e. The van der Waals surface area contributed by atoms with Crippen molar-refractivity contribution in [2.75, 3.05) is 66.7 Å². The summed E-state index contributed by atoms with van der Waals surface area (Å²) in [6.45, 7) is 25.3. The Kier molecular flexibility index (Phi) is 37.3. The molecule has 13 heterocycles. The summed E-state index contributed by atoms with van der Waals surface area (Å²) in [5, 5.41) is 46.6. The summed E-state index contributed by atoms with van der Waals surface area (Å²) < 4.78 is 14.1. The first-order valence-corrected chi connectivity index (χ1v) is 58.5.